The molecule has 0 bridgehead atoms. The van der Waals surface area contributed by atoms with E-state index in [-0.39, 0.29) is 18.0 Å². The summed E-state index contributed by atoms with van der Waals surface area (Å²) in [5.74, 6) is 0.183. The van der Waals surface area contributed by atoms with Crippen molar-refractivity contribution in [1.29, 1.82) is 0 Å². The Balaban J connectivity index is 1.47. The average molecular weight is 534 g/mol. The van der Waals surface area contributed by atoms with Crippen LogP contribution in [0.1, 0.15) is 29.7 Å². The number of fused-ring (bicyclic) bond motifs is 12. The van der Waals surface area contributed by atoms with Crippen molar-refractivity contribution in [2.45, 2.75) is 25.4 Å². The van der Waals surface area contributed by atoms with Gasteiger partial charge in [0.1, 0.15) is 11.2 Å². The molecule has 1 aliphatic carbocycles. The summed E-state index contributed by atoms with van der Waals surface area (Å²) in [6.45, 7) is 14.4. The lowest BCUT2D eigenvalue weighted by molar-refractivity contribution is -0.704. The van der Waals surface area contributed by atoms with E-state index in [9.17, 15) is 0 Å². The molecule has 1 aliphatic heterocycles. The normalized spacial score (nSPS) is 16.9. The first-order chi connectivity index (χ1) is 20.1. The third kappa shape index (κ3) is 3.84. The number of furan rings is 1. The topological polar surface area (TPSA) is 29.1 Å². The van der Waals surface area contributed by atoms with Gasteiger partial charge >= 0.3 is 0 Å². The van der Waals surface area contributed by atoms with Gasteiger partial charge in [0.2, 0.25) is 5.69 Å². The van der Waals surface area contributed by atoms with Crippen LogP contribution in [-0.2, 0) is 6.42 Å². The number of nitrogens with one attached hydrogen (secondary N) is 1. The van der Waals surface area contributed by atoms with Crippen molar-refractivity contribution in [3.8, 4) is 11.3 Å². The Hall–Kier alpha value is -4.89. The van der Waals surface area contributed by atoms with Crippen molar-refractivity contribution < 1.29 is 8.98 Å². The van der Waals surface area contributed by atoms with Gasteiger partial charge in [-0.2, -0.15) is 4.57 Å². The summed E-state index contributed by atoms with van der Waals surface area (Å²) in [5, 5.41) is 8.35. The largest absolute Gasteiger partial charge is 0.454 e. The zero-order valence-electron chi connectivity index (χ0n) is 23.3. The predicted octanol–water partition coefficient (Wildman–Crippen LogP) is 8.76. The molecule has 3 atom stereocenters. The molecule has 0 fully saturated rings. The third-order valence-electron chi connectivity index (χ3n) is 8.68. The average Bonchev–Trinajstić information content (AvgIpc) is 3.44. The number of pyridine rings is 1. The Kier molecular flexibility index (Phi) is 6.09. The zero-order chi connectivity index (χ0) is 28.1. The number of hydrogen-bond acceptors (Lipinski definition) is 2. The van der Waals surface area contributed by atoms with E-state index in [1.807, 2.05) is 18.2 Å². The van der Waals surface area contributed by atoms with Crippen LogP contribution in [0, 0.1) is 5.92 Å². The molecule has 2 aliphatic rings. The molecule has 1 N–H and O–H groups in total. The summed E-state index contributed by atoms with van der Waals surface area (Å²) in [7, 11) is 0. The second-order valence-electron chi connectivity index (χ2n) is 11.0. The van der Waals surface area contributed by atoms with Crippen LogP contribution in [0.2, 0.25) is 0 Å². The molecule has 3 aromatic carbocycles. The van der Waals surface area contributed by atoms with Crippen LogP contribution in [0.25, 0.3) is 50.0 Å². The van der Waals surface area contributed by atoms with Gasteiger partial charge in [0, 0.05) is 45.5 Å². The second-order valence-corrected chi connectivity index (χ2v) is 11.0. The quantitative estimate of drug-likeness (QED) is 0.129. The fraction of sp³-hybridized carbons (Fsp3) is 0.132. The Morgan fingerprint density at radius 1 is 1.00 bits per heavy atom. The van der Waals surface area contributed by atoms with Crippen molar-refractivity contribution >= 4 is 38.8 Å². The molecule has 3 heteroatoms. The van der Waals surface area contributed by atoms with Crippen LogP contribution in [0.4, 0.5) is 0 Å². The van der Waals surface area contributed by atoms with Gasteiger partial charge in [0.05, 0.1) is 11.6 Å². The van der Waals surface area contributed by atoms with Gasteiger partial charge in [-0.15, -0.1) is 6.58 Å². The molecule has 200 valence electrons. The summed E-state index contributed by atoms with van der Waals surface area (Å²) < 4.78 is 9.36. The summed E-state index contributed by atoms with van der Waals surface area (Å²) in [5.41, 5.74) is 9.01. The second kappa shape index (κ2) is 9.94. The molecule has 0 radical (unpaired) electrons. The van der Waals surface area contributed by atoms with Gasteiger partial charge in [0.25, 0.3) is 0 Å². The van der Waals surface area contributed by atoms with Gasteiger partial charge in [-0.05, 0) is 41.1 Å². The molecular weight excluding hydrogens is 500 g/mol. The molecule has 3 nitrogen and oxygen atoms in total. The highest BCUT2D eigenvalue weighted by Crippen LogP contribution is 2.48. The lowest BCUT2D eigenvalue weighted by Gasteiger charge is -2.26. The van der Waals surface area contributed by atoms with Crippen molar-refractivity contribution in [3.05, 3.63) is 145 Å². The summed E-state index contributed by atoms with van der Waals surface area (Å²) in [4.78, 5) is 0. The number of nitrogens with zero attached hydrogens (tertiary/aromatic N) is 1. The molecule has 0 saturated carbocycles. The summed E-state index contributed by atoms with van der Waals surface area (Å²) in [6.07, 6.45) is 19.4. The lowest BCUT2D eigenvalue weighted by atomic mass is 9.87. The molecule has 0 amide bonds. The molecule has 3 heterocycles. The van der Waals surface area contributed by atoms with Crippen LogP contribution in [0.5, 0.6) is 0 Å². The Morgan fingerprint density at radius 2 is 1.83 bits per heavy atom. The van der Waals surface area contributed by atoms with Crippen molar-refractivity contribution in [2.75, 3.05) is 0 Å². The molecule has 41 heavy (non-hydrogen) atoms. The zero-order valence-corrected chi connectivity index (χ0v) is 23.3. The van der Waals surface area contributed by atoms with Crippen LogP contribution in [0.3, 0.4) is 0 Å². The summed E-state index contributed by atoms with van der Waals surface area (Å²) in [6, 6.07) is 19.8. The highest BCUT2D eigenvalue weighted by Gasteiger charge is 2.44. The van der Waals surface area contributed by atoms with Crippen LogP contribution in [-0.4, -0.2) is 6.04 Å². The van der Waals surface area contributed by atoms with Gasteiger partial charge in [-0.3, -0.25) is 0 Å². The predicted molar refractivity (Wildman–Crippen MR) is 172 cm³/mol. The molecule has 0 spiro atoms. The van der Waals surface area contributed by atoms with E-state index in [4.69, 9.17) is 4.42 Å². The fourth-order valence-corrected chi connectivity index (χ4v) is 6.85. The number of allylic oxidation sites excluding steroid dienone is 6. The van der Waals surface area contributed by atoms with Crippen LogP contribution >= 0.6 is 0 Å². The van der Waals surface area contributed by atoms with Gasteiger partial charge < -0.3 is 9.73 Å². The third-order valence-corrected chi connectivity index (χ3v) is 8.68. The molecule has 2 aromatic heterocycles. The Morgan fingerprint density at radius 3 is 2.66 bits per heavy atom. The fourth-order valence-electron chi connectivity index (χ4n) is 6.85. The van der Waals surface area contributed by atoms with Crippen molar-refractivity contribution in [2.24, 2.45) is 5.92 Å². The maximum absolute atomic E-state index is 6.97. The van der Waals surface area contributed by atoms with E-state index < -0.39 is 0 Å². The maximum atomic E-state index is 6.97. The maximum Gasteiger partial charge on any atom is 0.217 e. The van der Waals surface area contributed by atoms with E-state index in [2.05, 4.69) is 122 Å². The van der Waals surface area contributed by atoms with Gasteiger partial charge in [-0.25, -0.2) is 0 Å². The molecule has 7 rings (SSSR count). The molecule has 5 aromatic rings. The van der Waals surface area contributed by atoms with Crippen LogP contribution in [0.15, 0.2) is 133 Å². The van der Waals surface area contributed by atoms with Crippen LogP contribution < -0.4 is 9.88 Å². The van der Waals surface area contributed by atoms with E-state index in [1.165, 1.54) is 44.1 Å². The highest BCUT2D eigenvalue weighted by atomic mass is 16.3. The monoisotopic (exact) mass is 533 g/mol. The van der Waals surface area contributed by atoms with Crippen molar-refractivity contribution in [1.82, 2.24) is 5.32 Å². The number of aromatic nitrogens is 1. The molecule has 3 unspecified atom stereocenters. The highest BCUT2D eigenvalue weighted by molar-refractivity contribution is 6.21. The van der Waals surface area contributed by atoms with E-state index in [1.54, 1.807) is 6.08 Å². The van der Waals surface area contributed by atoms with E-state index in [0.717, 1.165) is 28.7 Å². The number of rotatable bonds is 7. The number of hydrogen-bond donors (Lipinski definition) is 1. The minimum absolute atomic E-state index is 0.0122. The smallest absolute Gasteiger partial charge is 0.217 e. The van der Waals surface area contributed by atoms with E-state index >= 15 is 0 Å². The lowest BCUT2D eigenvalue weighted by Crippen LogP contribution is -2.47. The first-order valence-corrected chi connectivity index (χ1v) is 14.3. The van der Waals surface area contributed by atoms with Gasteiger partial charge in [-0.1, -0.05) is 92.9 Å². The van der Waals surface area contributed by atoms with E-state index in [0.29, 0.717) is 0 Å². The molecule has 0 saturated heterocycles. The first kappa shape index (κ1) is 25.1. The van der Waals surface area contributed by atoms with Crippen molar-refractivity contribution in [3.63, 3.8) is 0 Å². The Labute approximate surface area is 240 Å². The summed E-state index contributed by atoms with van der Waals surface area (Å²) >= 11 is 0. The SMILES string of the molecule is C=C/C=C\C(=C)NC(C=C)C(C)C1c2ccc3c(oc4c5ccccc5c5c(c34)CC=CC=C5)c2-c2cccc[n+]21. The minimum atomic E-state index is 0.0122. The minimum Gasteiger partial charge on any atom is -0.454 e. The Bertz CT molecular complexity index is 1980. The number of benzene rings is 3. The first-order valence-electron chi connectivity index (χ1n) is 14.3. The van der Waals surface area contributed by atoms with Gasteiger partial charge in [0.15, 0.2) is 12.2 Å². The molecular formula is C38H33N2O+. The standard InChI is InChI=1S/C38H33N2O/c1-5-7-15-24(3)39-32(6-2)25(4)36-30-21-22-31-34-28-18-10-8-9-16-26(28)27-17-11-12-19-29(27)37(34)41-38(31)35(30)33-20-13-14-23-40(33)36/h5-17,19-23,25,32,36,39H,1-3,18H2,4H3/q+1/b15-7-.